The molecule has 0 unspecified atom stereocenters. The zero-order chi connectivity index (χ0) is 14.0. The molecule has 0 N–H and O–H groups in total. The quantitative estimate of drug-likeness (QED) is 0.776. The van der Waals surface area contributed by atoms with Gasteiger partial charge in [-0.2, -0.15) is 0 Å². The third kappa shape index (κ3) is 4.12. The van der Waals surface area contributed by atoms with Gasteiger partial charge in [0, 0.05) is 44.6 Å². The number of hydrogen-bond acceptors (Lipinski definition) is 2. The van der Waals surface area contributed by atoms with Gasteiger partial charge in [0.1, 0.15) is 0 Å². The number of halogens is 2. The molecule has 2 atom stereocenters. The van der Waals surface area contributed by atoms with Crippen LogP contribution in [0.2, 0.25) is 0 Å². The minimum absolute atomic E-state index is 0.0770. The van der Waals surface area contributed by atoms with Crippen molar-refractivity contribution in [2.45, 2.75) is 64.0 Å². The summed E-state index contributed by atoms with van der Waals surface area (Å²) in [5.41, 5.74) is 0. The summed E-state index contributed by atoms with van der Waals surface area (Å²) in [5.74, 6) is -1.76. The first-order chi connectivity index (χ1) is 8.87. The lowest BCUT2D eigenvalue weighted by Gasteiger charge is -2.35. The number of likely N-dealkylation sites (N-methyl/N-ethyl adjacent to an activating group) is 1. The molecule has 2 aliphatic rings. The van der Waals surface area contributed by atoms with Gasteiger partial charge in [-0.25, -0.2) is 8.78 Å². The zero-order valence-electron chi connectivity index (χ0n) is 12.5. The van der Waals surface area contributed by atoms with Gasteiger partial charge in [-0.15, -0.1) is 0 Å². The molecule has 4 heteroatoms. The zero-order valence-corrected chi connectivity index (χ0v) is 12.5. The van der Waals surface area contributed by atoms with Gasteiger partial charge < -0.3 is 4.90 Å². The maximum Gasteiger partial charge on any atom is 0.249 e. The lowest BCUT2D eigenvalue weighted by Crippen LogP contribution is -2.43. The van der Waals surface area contributed by atoms with Crippen LogP contribution in [0.15, 0.2) is 0 Å². The van der Waals surface area contributed by atoms with Crippen molar-refractivity contribution in [3.8, 4) is 0 Å². The van der Waals surface area contributed by atoms with E-state index in [1.165, 1.54) is 0 Å². The predicted molar refractivity (Wildman–Crippen MR) is 74.6 cm³/mol. The smallest absolute Gasteiger partial charge is 0.249 e. The van der Waals surface area contributed by atoms with E-state index in [2.05, 4.69) is 30.7 Å². The summed E-state index contributed by atoms with van der Waals surface area (Å²) in [6, 6.07) is 0.666. The fourth-order valence-corrected chi connectivity index (χ4v) is 3.64. The second kappa shape index (κ2) is 6.04. The minimum Gasteiger partial charge on any atom is -0.302 e. The molecule has 112 valence electrons. The normalized spacial score (nSPS) is 32.4. The molecule has 1 aliphatic heterocycles. The van der Waals surface area contributed by atoms with Crippen LogP contribution in [0.4, 0.5) is 8.78 Å². The number of rotatable bonds is 4. The number of likely N-dealkylation sites (tertiary alicyclic amines) is 1. The first kappa shape index (κ1) is 15.2. The monoisotopic (exact) mass is 274 g/mol. The molecule has 1 saturated carbocycles. The Kier molecular flexibility index (Phi) is 4.83. The first-order valence-corrected chi connectivity index (χ1v) is 7.69. The average molecular weight is 274 g/mol. The minimum atomic E-state index is -2.43. The molecule has 0 bridgehead atoms. The Morgan fingerprint density at radius 1 is 1.32 bits per heavy atom. The number of hydrogen-bond donors (Lipinski definition) is 0. The Morgan fingerprint density at radius 2 is 2.05 bits per heavy atom. The van der Waals surface area contributed by atoms with E-state index in [4.69, 9.17) is 0 Å². The summed E-state index contributed by atoms with van der Waals surface area (Å²) >= 11 is 0. The molecule has 1 heterocycles. The predicted octanol–water partition coefficient (Wildman–Crippen LogP) is 3.23. The summed E-state index contributed by atoms with van der Waals surface area (Å²) in [7, 11) is 2.17. The summed E-state index contributed by atoms with van der Waals surface area (Å²) in [6.45, 7) is 7.52. The third-order valence-electron chi connectivity index (χ3n) is 4.60. The Bertz CT molecular complexity index is 294. The van der Waals surface area contributed by atoms with Crippen molar-refractivity contribution < 1.29 is 8.78 Å². The standard InChI is InChI=1S/C15H28F2N2/c1-12(2)10-18(3)14-6-8-19(11-14)13-5-4-7-15(16,17)9-13/h12-14H,4-11H2,1-3H3/t13-,14-/m0/s1. The highest BCUT2D eigenvalue weighted by Gasteiger charge is 2.40. The van der Waals surface area contributed by atoms with Gasteiger partial charge in [-0.05, 0) is 32.2 Å². The topological polar surface area (TPSA) is 6.48 Å². The summed E-state index contributed by atoms with van der Waals surface area (Å²) < 4.78 is 27.0. The second-order valence-electron chi connectivity index (χ2n) is 6.88. The molecule has 1 saturated heterocycles. The van der Waals surface area contributed by atoms with E-state index in [0.29, 0.717) is 18.4 Å². The molecule has 0 spiro atoms. The lowest BCUT2D eigenvalue weighted by atomic mass is 9.91. The molecule has 2 fully saturated rings. The molecule has 2 nitrogen and oxygen atoms in total. The van der Waals surface area contributed by atoms with E-state index < -0.39 is 5.92 Å². The highest BCUT2D eigenvalue weighted by molar-refractivity contribution is 4.91. The molecule has 0 aromatic heterocycles. The van der Waals surface area contributed by atoms with E-state index in [1.54, 1.807) is 0 Å². The van der Waals surface area contributed by atoms with Gasteiger partial charge in [-0.1, -0.05) is 13.8 Å². The van der Waals surface area contributed by atoms with Crippen molar-refractivity contribution in [1.82, 2.24) is 9.80 Å². The molecule has 2 rings (SSSR count). The van der Waals surface area contributed by atoms with Crippen molar-refractivity contribution in [2.75, 3.05) is 26.7 Å². The van der Waals surface area contributed by atoms with Crippen molar-refractivity contribution in [3.63, 3.8) is 0 Å². The Morgan fingerprint density at radius 3 is 2.68 bits per heavy atom. The molecular weight excluding hydrogens is 246 g/mol. The highest BCUT2D eigenvalue weighted by Crippen LogP contribution is 2.36. The van der Waals surface area contributed by atoms with Gasteiger partial charge in [0.15, 0.2) is 0 Å². The maximum absolute atomic E-state index is 13.5. The Balaban J connectivity index is 1.84. The van der Waals surface area contributed by atoms with Crippen LogP contribution in [0.25, 0.3) is 0 Å². The highest BCUT2D eigenvalue weighted by atomic mass is 19.3. The first-order valence-electron chi connectivity index (χ1n) is 7.69. The molecule has 0 amide bonds. The Hall–Kier alpha value is -0.220. The van der Waals surface area contributed by atoms with E-state index in [0.717, 1.165) is 32.5 Å². The van der Waals surface area contributed by atoms with Gasteiger partial charge in [0.25, 0.3) is 0 Å². The third-order valence-corrected chi connectivity index (χ3v) is 4.60. The second-order valence-corrected chi connectivity index (χ2v) is 6.88. The van der Waals surface area contributed by atoms with Crippen LogP contribution in [0, 0.1) is 5.92 Å². The van der Waals surface area contributed by atoms with E-state index in [9.17, 15) is 8.78 Å². The van der Waals surface area contributed by atoms with E-state index in [1.807, 2.05) is 0 Å². The Labute approximate surface area is 116 Å². The number of alkyl halides is 2. The summed E-state index contributed by atoms with van der Waals surface area (Å²) in [6.07, 6.45) is 2.93. The van der Waals surface area contributed by atoms with Crippen LogP contribution in [-0.4, -0.2) is 54.5 Å². The van der Waals surface area contributed by atoms with Gasteiger partial charge in [-0.3, -0.25) is 4.90 Å². The van der Waals surface area contributed by atoms with Crippen molar-refractivity contribution in [1.29, 1.82) is 0 Å². The van der Waals surface area contributed by atoms with Crippen LogP contribution < -0.4 is 0 Å². The fourth-order valence-electron chi connectivity index (χ4n) is 3.64. The van der Waals surface area contributed by atoms with Crippen molar-refractivity contribution in [3.05, 3.63) is 0 Å². The molecule has 0 radical (unpaired) electrons. The van der Waals surface area contributed by atoms with E-state index in [-0.39, 0.29) is 18.9 Å². The largest absolute Gasteiger partial charge is 0.302 e. The fraction of sp³-hybridized carbons (Fsp3) is 1.00. The lowest BCUT2D eigenvalue weighted by molar-refractivity contribution is -0.0611. The van der Waals surface area contributed by atoms with Crippen LogP contribution in [0.3, 0.4) is 0 Å². The SMILES string of the molecule is CC(C)CN(C)[C@H]1CCN([C@H]2CCCC(F)(F)C2)C1. The number of nitrogens with zero attached hydrogens (tertiary/aromatic N) is 2. The molecule has 0 aromatic rings. The van der Waals surface area contributed by atoms with Crippen LogP contribution in [-0.2, 0) is 0 Å². The average Bonchev–Trinajstić information content (AvgIpc) is 2.75. The van der Waals surface area contributed by atoms with Crippen molar-refractivity contribution in [2.24, 2.45) is 5.92 Å². The van der Waals surface area contributed by atoms with Gasteiger partial charge in [0.05, 0.1) is 0 Å². The summed E-state index contributed by atoms with van der Waals surface area (Å²) in [5, 5.41) is 0. The molecular formula is C15H28F2N2. The van der Waals surface area contributed by atoms with Crippen LogP contribution in [0.1, 0.15) is 46.0 Å². The van der Waals surface area contributed by atoms with Gasteiger partial charge >= 0.3 is 0 Å². The van der Waals surface area contributed by atoms with Crippen LogP contribution in [0.5, 0.6) is 0 Å². The van der Waals surface area contributed by atoms with Crippen molar-refractivity contribution >= 4 is 0 Å². The van der Waals surface area contributed by atoms with Crippen LogP contribution >= 0.6 is 0 Å². The molecule has 0 aromatic carbocycles. The maximum atomic E-state index is 13.5. The molecule has 1 aliphatic carbocycles. The van der Waals surface area contributed by atoms with E-state index >= 15 is 0 Å². The summed E-state index contributed by atoms with van der Waals surface area (Å²) in [4.78, 5) is 4.72. The van der Waals surface area contributed by atoms with Gasteiger partial charge in [0.2, 0.25) is 5.92 Å². The molecule has 19 heavy (non-hydrogen) atoms.